The Kier molecular flexibility index (Phi) is 10.1. The van der Waals surface area contributed by atoms with Gasteiger partial charge in [-0.25, -0.2) is 9.37 Å². The molecule has 1 aromatic carbocycles. The molecule has 2 atom stereocenters. The van der Waals surface area contributed by atoms with Crippen molar-refractivity contribution in [3.05, 3.63) is 46.2 Å². The number of likely N-dealkylation sites (tertiary alicyclic amines) is 2. The van der Waals surface area contributed by atoms with E-state index in [1.165, 1.54) is 36.3 Å². The minimum atomic E-state index is -0.609. The summed E-state index contributed by atoms with van der Waals surface area (Å²) < 4.78 is 13.3. The predicted molar refractivity (Wildman–Crippen MR) is 161 cm³/mol. The molecule has 0 bridgehead atoms. The summed E-state index contributed by atoms with van der Waals surface area (Å²) in [5.74, 6) is 0.0945. The summed E-state index contributed by atoms with van der Waals surface area (Å²) in [5.41, 5.74) is 2.19. The number of aryl methyl sites for hydroxylation is 1. The molecule has 1 saturated carbocycles. The lowest BCUT2D eigenvalue weighted by atomic mass is 9.83. The average Bonchev–Trinajstić information content (AvgIpc) is 3.55. The largest absolute Gasteiger partial charge is 0.480 e. The molecule has 5 rings (SSSR count). The second kappa shape index (κ2) is 13.8. The summed E-state index contributed by atoms with van der Waals surface area (Å²) in [7, 11) is 0. The third-order valence-corrected chi connectivity index (χ3v) is 10.5. The summed E-state index contributed by atoms with van der Waals surface area (Å²) in [6.45, 7) is 10.6. The van der Waals surface area contributed by atoms with E-state index in [9.17, 15) is 14.3 Å². The number of anilines is 1. The maximum atomic E-state index is 13.3. The van der Waals surface area contributed by atoms with Crippen molar-refractivity contribution in [1.82, 2.24) is 14.8 Å². The standard InChI is InChI=1S/C32H47FN4O2S/c1-3-16-37(32-34-29(23(2)40-32)20-24-9-11-27(33)12-10-24)28-14-17-35(18-15-28)21-25-13-19-36(22-25)30(31(38)39)26-7-5-4-6-8-26/h9-12,25-26,28,30H,3-8,13-22H2,1-2H3,(H,38,39). The Balaban J connectivity index is 1.14. The number of rotatable bonds is 11. The van der Waals surface area contributed by atoms with E-state index in [0.29, 0.717) is 17.9 Å². The van der Waals surface area contributed by atoms with E-state index in [1.54, 1.807) is 11.3 Å². The Bertz CT molecular complexity index is 1090. The minimum Gasteiger partial charge on any atom is -0.480 e. The second-order valence-corrected chi connectivity index (χ2v) is 13.5. The highest BCUT2D eigenvalue weighted by Crippen LogP contribution is 2.34. The molecular weight excluding hydrogens is 523 g/mol. The molecule has 1 aromatic heterocycles. The van der Waals surface area contributed by atoms with Crippen LogP contribution in [-0.2, 0) is 11.2 Å². The number of carboxylic acid groups (broad SMARTS) is 1. The van der Waals surface area contributed by atoms with E-state index >= 15 is 0 Å². The van der Waals surface area contributed by atoms with Crippen molar-refractivity contribution in [3.8, 4) is 0 Å². The molecule has 2 saturated heterocycles. The molecule has 2 aromatic rings. The van der Waals surface area contributed by atoms with E-state index in [2.05, 4.69) is 28.5 Å². The van der Waals surface area contributed by atoms with E-state index in [0.717, 1.165) is 101 Å². The van der Waals surface area contributed by atoms with Crippen molar-refractivity contribution in [2.75, 3.05) is 44.2 Å². The number of piperidine rings is 1. The molecule has 0 radical (unpaired) electrons. The van der Waals surface area contributed by atoms with Crippen LogP contribution in [0.2, 0.25) is 0 Å². The molecule has 0 spiro atoms. The van der Waals surface area contributed by atoms with Gasteiger partial charge in [-0.05, 0) is 81.5 Å². The molecular formula is C32H47FN4O2S. The fourth-order valence-corrected chi connectivity index (χ4v) is 8.34. The SMILES string of the molecule is CCCN(c1nc(Cc2ccc(F)cc2)c(C)s1)C1CCN(CC2CCN(C(C(=O)O)C3CCCCC3)C2)CC1. The third-order valence-electron chi connectivity index (χ3n) is 9.45. The number of carbonyl (C=O) groups is 1. The molecule has 220 valence electrons. The van der Waals surface area contributed by atoms with E-state index in [1.807, 2.05) is 12.1 Å². The molecule has 1 N–H and O–H groups in total. The predicted octanol–water partition coefficient (Wildman–Crippen LogP) is 6.22. The van der Waals surface area contributed by atoms with Gasteiger partial charge in [0, 0.05) is 50.1 Å². The van der Waals surface area contributed by atoms with Gasteiger partial charge in [-0.1, -0.05) is 38.3 Å². The third kappa shape index (κ3) is 7.24. The summed E-state index contributed by atoms with van der Waals surface area (Å²) >= 11 is 1.80. The Morgan fingerprint density at radius 3 is 2.50 bits per heavy atom. The molecule has 40 heavy (non-hydrogen) atoms. The van der Waals surface area contributed by atoms with E-state index in [-0.39, 0.29) is 11.9 Å². The van der Waals surface area contributed by atoms with Gasteiger partial charge >= 0.3 is 5.97 Å². The smallest absolute Gasteiger partial charge is 0.321 e. The topological polar surface area (TPSA) is 59.9 Å². The van der Waals surface area contributed by atoms with Crippen molar-refractivity contribution in [2.24, 2.45) is 11.8 Å². The summed E-state index contributed by atoms with van der Waals surface area (Å²) in [6, 6.07) is 6.99. The zero-order valence-electron chi connectivity index (χ0n) is 24.4. The zero-order chi connectivity index (χ0) is 28.1. The number of nitrogens with zero attached hydrogens (tertiary/aromatic N) is 4. The summed E-state index contributed by atoms with van der Waals surface area (Å²) in [5, 5.41) is 11.2. The average molecular weight is 571 g/mol. The number of benzene rings is 1. The zero-order valence-corrected chi connectivity index (χ0v) is 25.2. The number of hydrogen-bond donors (Lipinski definition) is 1. The summed E-state index contributed by atoms with van der Waals surface area (Å²) in [6.07, 6.45) is 11.0. The van der Waals surface area contributed by atoms with Crippen molar-refractivity contribution >= 4 is 22.4 Å². The van der Waals surface area contributed by atoms with Crippen molar-refractivity contribution in [2.45, 2.75) is 90.1 Å². The Morgan fingerprint density at radius 1 is 1.10 bits per heavy atom. The van der Waals surface area contributed by atoms with Crippen LogP contribution in [0.4, 0.5) is 9.52 Å². The molecule has 8 heteroatoms. The van der Waals surface area contributed by atoms with Crippen LogP contribution in [0, 0.1) is 24.6 Å². The van der Waals surface area contributed by atoms with Gasteiger partial charge in [0.05, 0.1) is 5.69 Å². The normalized spacial score (nSPS) is 22.5. The fourth-order valence-electron chi connectivity index (χ4n) is 7.32. The quantitative estimate of drug-likeness (QED) is 0.346. The van der Waals surface area contributed by atoms with Crippen LogP contribution >= 0.6 is 11.3 Å². The second-order valence-electron chi connectivity index (χ2n) is 12.4. The number of carboxylic acids is 1. The Hall–Kier alpha value is -2.03. The van der Waals surface area contributed by atoms with Gasteiger partial charge in [-0.2, -0.15) is 0 Å². The van der Waals surface area contributed by atoms with Crippen LogP contribution in [-0.4, -0.2) is 77.2 Å². The maximum Gasteiger partial charge on any atom is 0.321 e. The maximum absolute atomic E-state index is 13.3. The first-order chi connectivity index (χ1) is 19.4. The lowest BCUT2D eigenvalue weighted by Gasteiger charge is -2.39. The van der Waals surface area contributed by atoms with Gasteiger partial charge in [0.1, 0.15) is 11.9 Å². The van der Waals surface area contributed by atoms with Gasteiger partial charge in [-0.15, -0.1) is 11.3 Å². The van der Waals surface area contributed by atoms with Crippen molar-refractivity contribution < 1.29 is 14.3 Å². The molecule has 3 heterocycles. The minimum absolute atomic E-state index is 0.200. The van der Waals surface area contributed by atoms with Gasteiger partial charge in [0.15, 0.2) is 5.13 Å². The highest BCUT2D eigenvalue weighted by molar-refractivity contribution is 7.15. The van der Waals surface area contributed by atoms with Crippen molar-refractivity contribution in [1.29, 1.82) is 0 Å². The van der Waals surface area contributed by atoms with Gasteiger partial charge in [-0.3, -0.25) is 9.69 Å². The lowest BCUT2D eigenvalue weighted by molar-refractivity contribution is -0.145. The lowest BCUT2D eigenvalue weighted by Crippen LogP contribution is -2.47. The first kappa shape index (κ1) is 29.5. The molecule has 3 fully saturated rings. The van der Waals surface area contributed by atoms with Crippen LogP contribution in [0.1, 0.15) is 80.8 Å². The van der Waals surface area contributed by atoms with Crippen LogP contribution < -0.4 is 4.90 Å². The molecule has 2 unspecified atom stereocenters. The monoisotopic (exact) mass is 570 g/mol. The summed E-state index contributed by atoms with van der Waals surface area (Å²) in [4.78, 5) is 26.0. The highest BCUT2D eigenvalue weighted by atomic mass is 32.1. The number of aliphatic carboxylic acids is 1. The van der Waals surface area contributed by atoms with E-state index < -0.39 is 5.97 Å². The number of thiazole rings is 1. The Morgan fingerprint density at radius 2 is 1.82 bits per heavy atom. The molecule has 2 aliphatic heterocycles. The van der Waals surface area contributed by atoms with Crippen LogP contribution in [0.5, 0.6) is 0 Å². The molecule has 0 amide bonds. The molecule has 6 nitrogen and oxygen atoms in total. The molecule has 3 aliphatic rings. The van der Waals surface area contributed by atoms with Crippen LogP contribution in [0.15, 0.2) is 24.3 Å². The van der Waals surface area contributed by atoms with Gasteiger partial charge < -0.3 is 14.9 Å². The number of halogens is 1. The van der Waals surface area contributed by atoms with Crippen LogP contribution in [0.25, 0.3) is 0 Å². The van der Waals surface area contributed by atoms with E-state index in [4.69, 9.17) is 4.98 Å². The van der Waals surface area contributed by atoms with Crippen LogP contribution in [0.3, 0.4) is 0 Å². The van der Waals surface area contributed by atoms with Gasteiger partial charge in [0.2, 0.25) is 0 Å². The highest BCUT2D eigenvalue weighted by Gasteiger charge is 2.38. The van der Waals surface area contributed by atoms with Crippen molar-refractivity contribution in [3.63, 3.8) is 0 Å². The number of aromatic nitrogens is 1. The first-order valence-electron chi connectivity index (χ1n) is 15.6. The Labute approximate surface area is 243 Å². The molecule has 1 aliphatic carbocycles. The number of hydrogen-bond acceptors (Lipinski definition) is 6. The van der Waals surface area contributed by atoms with Gasteiger partial charge in [0.25, 0.3) is 0 Å². The first-order valence-corrected chi connectivity index (χ1v) is 16.4. The fraction of sp³-hybridized carbons (Fsp3) is 0.688.